The third-order valence-corrected chi connectivity index (χ3v) is 3.23. The summed E-state index contributed by atoms with van der Waals surface area (Å²) in [4.78, 5) is 0. The monoisotopic (exact) mass is 220 g/mol. The summed E-state index contributed by atoms with van der Waals surface area (Å²) in [6, 6.07) is 0. The molecule has 2 nitrogen and oxygen atoms in total. The Morgan fingerprint density at radius 2 is 2.15 bits per heavy atom. The molecule has 0 aromatic heterocycles. The van der Waals surface area contributed by atoms with Gasteiger partial charge in [0.25, 0.3) is 0 Å². The van der Waals surface area contributed by atoms with Gasteiger partial charge in [-0.1, -0.05) is 0 Å². The van der Waals surface area contributed by atoms with Gasteiger partial charge in [-0.05, 0) is 0 Å². The zero-order valence-corrected chi connectivity index (χ0v) is 9.59. The second kappa shape index (κ2) is 5.07. The van der Waals surface area contributed by atoms with E-state index in [2.05, 4.69) is 34.9 Å². The third-order valence-electron chi connectivity index (χ3n) is 2.55. The molecular formula is C10H16CrO2. The van der Waals surface area contributed by atoms with E-state index in [-0.39, 0.29) is 6.10 Å². The van der Waals surface area contributed by atoms with E-state index in [0.717, 1.165) is 11.0 Å². The van der Waals surface area contributed by atoms with Gasteiger partial charge in [-0.25, -0.2) is 0 Å². The van der Waals surface area contributed by atoms with Crippen LogP contribution < -0.4 is 0 Å². The van der Waals surface area contributed by atoms with Crippen LogP contribution in [0.3, 0.4) is 0 Å². The van der Waals surface area contributed by atoms with Crippen LogP contribution >= 0.6 is 0 Å². The molecule has 1 aliphatic rings. The van der Waals surface area contributed by atoms with Crippen LogP contribution in [0.5, 0.6) is 0 Å². The van der Waals surface area contributed by atoms with E-state index in [1.807, 2.05) is 0 Å². The van der Waals surface area contributed by atoms with Gasteiger partial charge >= 0.3 is 87.5 Å². The van der Waals surface area contributed by atoms with Crippen molar-refractivity contribution in [2.45, 2.75) is 19.4 Å². The van der Waals surface area contributed by atoms with E-state index in [9.17, 15) is 0 Å². The number of ether oxygens (including phenoxy) is 2. The third kappa shape index (κ3) is 2.51. The molecule has 0 aromatic rings. The number of hydrogen-bond donors (Lipinski definition) is 0. The molecule has 3 atom stereocenters. The minimum atomic E-state index is 0.153. The normalized spacial score (nSPS) is 33.3. The molecule has 0 saturated heterocycles. The Hall–Kier alpha value is 0.0625. The van der Waals surface area contributed by atoms with Crippen molar-refractivity contribution in [2.75, 3.05) is 14.2 Å². The molecule has 13 heavy (non-hydrogen) atoms. The molecule has 0 radical (unpaired) electrons. The van der Waals surface area contributed by atoms with Gasteiger partial charge in [0.2, 0.25) is 0 Å². The number of rotatable bonds is 3. The zero-order valence-electron chi connectivity index (χ0n) is 8.32. The molecule has 0 aliphatic heterocycles. The molecule has 0 saturated carbocycles. The van der Waals surface area contributed by atoms with Crippen LogP contribution in [0.2, 0.25) is 0 Å². The fraction of sp³-hybridized carbons (Fsp3) is 0.700. The van der Waals surface area contributed by atoms with Crippen molar-refractivity contribution in [1.82, 2.24) is 0 Å². The zero-order chi connectivity index (χ0) is 9.84. The molecule has 0 aromatic carbocycles. The molecule has 0 amide bonds. The van der Waals surface area contributed by atoms with E-state index >= 15 is 0 Å². The van der Waals surface area contributed by atoms with Crippen LogP contribution in [0, 0.1) is 11.8 Å². The summed E-state index contributed by atoms with van der Waals surface area (Å²) >= 11 is 2.97. The van der Waals surface area contributed by atoms with Gasteiger partial charge in [0.05, 0.1) is 0 Å². The Balaban J connectivity index is 2.76. The first-order chi connectivity index (χ1) is 6.20. The molecule has 0 fully saturated rings. The Morgan fingerprint density at radius 1 is 1.46 bits per heavy atom. The first-order valence-corrected chi connectivity index (χ1v) is 5.11. The van der Waals surface area contributed by atoms with Gasteiger partial charge in [-0.2, -0.15) is 0 Å². The second-order valence-electron chi connectivity index (χ2n) is 3.39. The predicted octanol–water partition coefficient (Wildman–Crippen LogP) is 1.54. The number of allylic oxidation sites excluding steroid dienone is 1. The molecule has 74 valence electrons. The van der Waals surface area contributed by atoms with Crippen molar-refractivity contribution in [3.63, 3.8) is 0 Å². The van der Waals surface area contributed by atoms with Crippen LogP contribution in [0.1, 0.15) is 13.3 Å². The SMILES string of the molecule is CO[C](=[Cr])[C@H]1[C@@H](OC)C=CC[C@@H]1C. The summed E-state index contributed by atoms with van der Waals surface area (Å²) in [5.41, 5.74) is 0. The van der Waals surface area contributed by atoms with Crippen LogP contribution in [-0.4, -0.2) is 24.9 Å². The van der Waals surface area contributed by atoms with Crippen molar-refractivity contribution in [2.24, 2.45) is 11.8 Å². The van der Waals surface area contributed by atoms with Gasteiger partial charge < -0.3 is 0 Å². The van der Waals surface area contributed by atoms with E-state index in [1.165, 1.54) is 0 Å². The molecule has 0 unspecified atom stereocenters. The number of methoxy groups -OCH3 is 2. The van der Waals surface area contributed by atoms with Crippen LogP contribution in [0.15, 0.2) is 12.2 Å². The topological polar surface area (TPSA) is 18.5 Å². The Labute approximate surface area is 87.9 Å². The molecule has 0 bridgehead atoms. The Bertz CT molecular complexity index is 213. The quantitative estimate of drug-likeness (QED) is 0.672. The van der Waals surface area contributed by atoms with Crippen molar-refractivity contribution in [3.05, 3.63) is 12.2 Å². The maximum absolute atomic E-state index is 5.39. The molecule has 1 aliphatic carbocycles. The van der Waals surface area contributed by atoms with Crippen LogP contribution in [-0.2, 0) is 25.3 Å². The fourth-order valence-corrected chi connectivity index (χ4v) is 2.32. The fourth-order valence-electron chi connectivity index (χ4n) is 1.75. The molecule has 0 spiro atoms. The summed E-state index contributed by atoms with van der Waals surface area (Å²) in [6.45, 7) is 2.22. The van der Waals surface area contributed by atoms with Gasteiger partial charge in [0, 0.05) is 0 Å². The van der Waals surface area contributed by atoms with E-state index in [1.54, 1.807) is 14.2 Å². The molecular weight excluding hydrogens is 204 g/mol. The average Bonchev–Trinajstić information content (AvgIpc) is 2.16. The van der Waals surface area contributed by atoms with E-state index < -0.39 is 0 Å². The Kier molecular flexibility index (Phi) is 4.34. The molecule has 3 heteroatoms. The minimum absolute atomic E-state index is 0.153. The van der Waals surface area contributed by atoms with Crippen molar-refractivity contribution in [3.8, 4) is 0 Å². The van der Waals surface area contributed by atoms with Gasteiger partial charge in [-0.15, -0.1) is 0 Å². The standard InChI is InChI=1S/C10H16O2.Cr/c1-8-5-4-6-10(12-3)9(8)7-11-2;/h4,6,8-10H,5H2,1-3H3;/t8-,9+,10-;/m0./s1. The summed E-state index contributed by atoms with van der Waals surface area (Å²) in [7, 11) is 3.44. The summed E-state index contributed by atoms with van der Waals surface area (Å²) in [6.07, 6.45) is 5.54. The molecule has 0 N–H and O–H groups in total. The van der Waals surface area contributed by atoms with Gasteiger partial charge in [-0.3, -0.25) is 0 Å². The van der Waals surface area contributed by atoms with Crippen LogP contribution in [0.4, 0.5) is 0 Å². The average molecular weight is 220 g/mol. The summed E-state index contributed by atoms with van der Waals surface area (Å²) < 4.78 is 11.6. The number of hydrogen-bond acceptors (Lipinski definition) is 2. The predicted molar refractivity (Wildman–Crippen MR) is 49.2 cm³/mol. The van der Waals surface area contributed by atoms with Crippen molar-refractivity contribution < 1.29 is 25.3 Å². The van der Waals surface area contributed by atoms with Crippen molar-refractivity contribution in [1.29, 1.82) is 0 Å². The second-order valence-corrected chi connectivity index (χ2v) is 4.02. The van der Waals surface area contributed by atoms with Gasteiger partial charge in [0.15, 0.2) is 0 Å². The van der Waals surface area contributed by atoms with Crippen LogP contribution in [0.25, 0.3) is 0 Å². The maximum atomic E-state index is 5.39. The van der Waals surface area contributed by atoms with E-state index in [0.29, 0.717) is 11.8 Å². The Morgan fingerprint density at radius 3 is 2.69 bits per heavy atom. The first-order valence-electron chi connectivity index (χ1n) is 4.48. The summed E-state index contributed by atoms with van der Waals surface area (Å²) in [5, 5.41) is 0. The van der Waals surface area contributed by atoms with Crippen molar-refractivity contribution >= 4 is 4.57 Å². The van der Waals surface area contributed by atoms with E-state index in [4.69, 9.17) is 9.47 Å². The molecule has 1 rings (SSSR count). The molecule has 0 heterocycles. The first kappa shape index (κ1) is 11.1. The summed E-state index contributed by atoms with van der Waals surface area (Å²) in [5.74, 6) is 0.922. The van der Waals surface area contributed by atoms with Gasteiger partial charge in [0.1, 0.15) is 0 Å².